The van der Waals surface area contributed by atoms with Gasteiger partial charge in [-0.15, -0.1) is 0 Å². The fourth-order valence-electron chi connectivity index (χ4n) is 2.70. The molecule has 0 bridgehead atoms. The Kier molecular flexibility index (Phi) is 7.06. The summed E-state index contributed by atoms with van der Waals surface area (Å²) in [7, 11) is 1.79. The van der Waals surface area contributed by atoms with Gasteiger partial charge >= 0.3 is 0 Å². The minimum atomic E-state index is 0.342. The topological polar surface area (TPSA) is 21.3 Å². The molecule has 1 aliphatic carbocycles. The maximum atomic E-state index is 5.27. The average Bonchev–Trinajstić information content (AvgIpc) is 2.52. The lowest BCUT2D eigenvalue weighted by Gasteiger charge is -2.19. The molecule has 1 aliphatic rings. The van der Waals surface area contributed by atoms with Gasteiger partial charge in [0.15, 0.2) is 0 Å². The van der Waals surface area contributed by atoms with Crippen molar-refractivity contribution in [2.24, 2.45) is 5.92 Å². The number of nitrogens with one attached hydrogen (secondary N) is 1. The second-order valence-corrected chi connectivity index (χ2v) is 5.31. The molecule has 0 aromatic heterocycles. The quantitative estimate of drug-likeness (QED) is 0.703. The van der Waals surface area contributed by atoms with E-state index in [9.17, 15) is 0 Å². The monoisotopic (exact) mass is 227 g/mol. The maximum absolute atomic E-state index is 5.27. The van der Waals surface area contributed by atoms with Crippen LogP contribution in [0.15, 0.2) is 0 Å². The zero-order valence-corrected chi connectivity index (χ0v) is 11.3. The summed E-state index contributed by atoms with van der Waals surface area (Å²) in [4.78, 5) is 0. The summed E-state index contributed by atoms with van der Waals surface area (Å²) < 4.78 is 5.27. The van der Waals surface area contributed by atoms with Crippen LogP contribution in [0.5, 0.6) is 0 Å². The third-order valence-electron chi connectivity index (χ3n) is 3.88. The van der Waals surface area contributed by atoms with Crippen LogP contribution >= 0.6 is 0 Å². The first-order chi connectivity index (χ1) is 7.76. The van der Waals surface area contributed by atoms with Crippen molar-refractivity contribution in [1.29, 1.82) is 0 Å². The fraction of sp³-hybridized carbons (Fsp3) is 1.00. The Balaban J connectivity index is 2.19. The molecule has 1 rings (SSSR count). The van der Waals surface area contributed by atoms with Gasteiger partial charge in [-0.05, 0) is 32.1 Å². The van der Waals surface area contributed by atoms with Crippen molar-refractivity contribution < 1.29 is 4.74 Å². The molecule has 0 aromatic rings. The molecular weight excluding hydrogens is 198 g/mol. The van der Waals surface area contributed by atoms with Crippen molar-refractivity contribution in [2.45, 2.75) is 70.9 Å². The number of hydrogen-bond donors (Lipinski definition) is 1. The van der Waals surface area contributed by atoms with Crippen molar-refractivity contribution in [3.63, 3.8) is 0 Å². The van der Waals surface area contributed by atoms with E-state index in [1.165, 1.54) is 44.9 Å². The Morgan fingerprint density at radius 2 is 2.06 bits per heavy atom. The van der Waals surface area contributed by atoms with Gasteiger partial charge in [-0.2, -0.15) is 0 Å². The largest absolute Gasteiger partial charge is 0.380 e. The Hall–Kier alpha value is -0.0800. The predicted molar refractivity (Wildman–Crippen MR) is 69.7 cm³/mol. The van der Waals surface area contributed by atoms with Gasteiger partial charge in [0.05, 0.1) is 6.10 Å². The van der Waals surface area contributed by atoms with Crippen LogP contribution in [0.25, 0.3) is 0 Å². The molecule has 2 heteroatoms. The van der Waals surface area contributed by atoms with E-state index in [1.807, 2.05) is 0 Å². The molecule has 0 heterocycles. The zero-order valence-electron chi connectivity index (χ0n) is 11.3. The van der Waals surface area contributed by atoms with Crippen molar-refractivity contribution in [3.05, 3.63) is 0 Å². The summed E-state index contributed by atoms with van der Waals surface area (Å²) >= 11 is 0. The molecule has 96 valence electrons. The van der Waals surface area contributed by atoms with Crippen LogP contribution in [-0.4, -0.2) is 25.8 Å². The van der Waals surface area contributed by atoms with E-state index < -0.39 is 0 Å². The molecule has 16 heavy (non-hydrogen) atoms. The lowest BCUT2D eigenvalue weighted by Crippen LogP contribution is -2.34. The van der Waals surface area contributed by atoms with Gasteiger partial charge in [0.1, 0.15) is 0 Å². The average molecular weight is 227 g/mol. The summed E-state index contributed by atoms with van der Waals surface area (Å²) in [6.45, 7) is 5.43. The Bertz CT molecular complexity index is 172. The molecular formula is C14H29NO. The van der Waals surface area contributed by atoms with E-state index in [1.54, 1.807) is 7.11 Å². The normalized spacial score (nSPS) is 28.7. The molecule has 0 aromatic carbocycles. The number of rotatable bonds is 6. The standard InChI is InChI=1S/C14H29NO/c1-4-6-13-7-5-8-14(10-9-13)15-11-12(2)16-3/h12-15H,4-11H2,1-3H3. The van der Waals surface area contributed by atoms with E-state index in [2.05, 4.69) is 19.2 Å². The zero-order chi connectivity index (χ0) is 11.8. The Morgan fingerprint density at radius 3 is 2.75 bits per heavy atom. The van der Waals surface area contributed by atoms with Crippen molar-refractivity contribution in [3.8, 4) is 0 Å². The summed E-state index contributed by atoms with van der Waals surface area (Å²) in [6.07, 6.45) is 10.1. The highest BCUT2D eigenvalue weighted by molar-refractivity contribution is 4.75. The minimum Gasteiger partial charge on any atom is -0.380 e. The lowest BCUT2D eigenvalue weighted by atomic mass is 9.95. The molecule has 1 N–H and O–H groups in total. The highest BCUT2D eigenvalue weighted by Crippen LogP contribution is 2.26. The minimum absolute atomic E-state index is 0.342. The highest BCUT2D eigenvalue weighted by Gasteiger charge is 2.18. The summed E-state index contributed by atoms with van der Waals surface area (Å²) in [6, 6.07) is 0.736. The first-order valence-electron chi connectivity index (χ1n) is 7.02. The van der Waals surface area contributed by atoms with Crippen molar-refractivity contribution >= 4 is 0 Å². The fourth-order valence-corrected chi connectivity index (χ4v) is 2.70. The molecule has 1 fully saturated rings. The molecule has 3 atom stereocenters. The third kappa shape index (κ3) is 5.31. The van der Waals surface area contributed by atoms with Gasteiger partial charge in [-0.3, -0.25) is 0 Å². The van der Waals surface area contributed by atoms with E-state index >= 15 is 0 Å². The molecule has 1 saturated carbocycles. The molecule has 3 unspecified atom stereocenters. The van der Waals surface area contributed by atoms with Crippen LogP contribution in [0.4, 0.5) is 0 Å². The van der Waals surface area contributed by atoms with Crippen LogP contribution in [-0.2, 0) is 4.74 Å². The smallest absolute Gasteiger partial charge is 0.0667 e. The van der Waals surface area contributed by atoms with Crippen LogP contribution in [0.3, 0.4) is 0 Å². The van der Waals surface area contributed by atoms with Gasteiger partial charge in [0, 0.05) is 19.7 Å². The van der Waals surface area contributed by atoms with Crippen LogP contribution in [0.1, 0.15) is 58.8 Å². The molecule has 0 radical (unpaired) electrons. The first kappa shape index (κ1) is 14.0. The van der Waals surface area contributed by atoms with E-state index in [0.29, 0.717) is 6.10 Å². The maximum Gasteiger partial charge on any atom is 0.0667 e. The number of hydrogen-bond acceptors (Lipinski definition) is 2. The molecule has 0 saturated heterocycles. The lowest BCUT2D eigenvalue weighted by molar-refractivity contribution is 0.113. The predicted octanol–water partition coefficient (Wildman–Crippen LogP) is 3.36. The van der Waals surface area contributed by atoms with Gasteiger partial charge in [-0.25, -0.2) is 0 Å². The number of methoxy groups -OCH3 is 1. The number of ether oxygens (including phenoxy) is 1. The Labute approximate surface area is 101 Å². The van der Waals surface area contributed by atoms with Crippen LogP contribution in [0.2, 0.25) is 0 Å². The van der Waals surface area contributed by atoms with Crippen LogP contribution in [0, 0.1) is 5.92 Å². The van der Waals surface area contributed by atoms with Gasteiger partial charge in [0.2, 0.25) is 0 Å². The molecule has 0 aliphatic heterocycles. The Morgan fingerprint density at radius 1 is 1.25 bits per heavy atom. The summed E-state index contributed by atoms with van der Waals surface area (Å²) in [5.41, 5.74) is 0. The second-order valence-electron chi connectivity index (χ2n) is 5.31. The van der Waals surface area contributed by atoms with Crippen molar-refractivity contribution in [1.82, 2.24) is 5.32 Å². The van der Waals surface area contributed by atoms with E-state index in [-0.39, 0.29) is 0 Å². The second kappa shape index (κ2) is 8.08. The first-order valence-corrected chi connectivity index (χ1v) is 7.02. The van der Waals surface area contributed by atoms with Crippen molar-refractivity contribution in [2.75, 3.05) is 13.7 Å². The van der Waals surface area contributed by atoms with Gasteiger partial charge in [0.25, 0.3) is 0 Å². The molecule has 0 spiro atoms. The highest BCUT2D eigenvalue weighted by atomic mass is 16.5. The van der Waals surface area contributed by atoms with E-state index in [4.69, 9.17) is 4.74 Å². The SMILES string of the molecule is CCCC1CCCC(NCC(C)OC)CC1. The summed E-state index contributed by atoms with van der Waals surface area (Å²) in [5.74, 6) is 0.997. The molecule has 0 amide bonds. The van der Waals surface area contributed by atoms with Crippen LogP contribution < -0.4 is 5.32 Å². The van der Waals surface area contributed by atoms with Gasteiger partial charge in [-0.1, -0.05) is 32.6 Å². The van der Waals surface area contributed by atoms with Gasteiger partial charge < -0.3 is 10.1 Å². The van der Waals surface area contributed by atoms with E-state index in [0.717, 1.165) is 18.5 Å². The summed E-state index contributed by atoms with van der Waals surface area (Å²) in [5, 5.41) is 3.65. The molecule has 2 nitrogen and oxygen atoms in total. The third-order valence-corrected chi connectivity index (χ3v) is 3.88.